The molecule has 0 bridgehead atoms. The molecule has 168 valence electrons. The number of hydrogen-bond donors (Lipinski definition) is 3. The van der Waals surface area contributed by atoms with Gasteiger partial charge in [0, 0.05) is 27.1 Å². The normalized spacial score (nSPS) is 18.8. The molecule has 6 nitrogen and oxygen atoms in total. The zero-order valence-corrected chi connectivity index (χ0v) is 19.2. The van der Waals surface area contributed by atoms with E-state index in [2.05, 4.69) is 10.6 Å². The lowest BCUT2D eigenvalue weighted by atomic mass is 9.88. The Balaban J connectivity index is 1.98. The van der Waals surface area contributed by atoms with Crippen LogP contribution in [0, 0.1) is 5.92 Å². The van der Waals surface area contributed by atoms with Crippen LogP contribution in [0.1, 0.15) is 20.3 Å². The van der Waals surface area contributed by atoms with Crippen molar-refractivity contribution in [2.24, 2.45) is 5.92 Å². The zero-order valence-electron chi connectivity index (χ0n) is 17.6. The number of halogens is 2. The molecule has 2 aromatic rings. The first kappa shape index (κ1) is 23.7. The first-order valence-electron chi connectivity index (χ1n) is 10.2. The van der Waals surface area contributed by atoms with Crippen LogP contribution >= 0.6 is 23.2 Å². The molecule has 0 fully saturated rings. The first-order chi connectivity index (χ1) is 15.3. The summed E-state index contributed by atoms with van der Waals surface area (Å²) in [6, 6.07) is 13.2. The van der Waals surface area contributed by atoms with Crippen LogP contribution in [0.15, 0.2) is 72.0 Å². The van der Waals surface area contributed by atoms with E-state index in [-0.39, 0.29) is 17.4 Å². The number of anilines is 2. The number of carboxylic acid groups (broad SMARTS) is 1. The van der Waals surface area contributed by atoms with Gasteiger partial charge in [-0.25, -0.2) is 4.79 Å². The molecule has 2 aromatic carbocycles. The number of hydrogen-bond acceptors (Lipinski definition) is 5. The fourth-order valence-corrected chi connectivity index (χ4v) is 3.62. The number of esters is 1. The van der Waals surface area contributed by atoms with Crippen LogP contribution in [-0.4, -0.2) is 29.2 Å². The molecular formula is C24H24Cl2N2O4. The summed E-state index contributed by atoms with van der Waals surface area (Å²) in [6.45, 7) is 3.73. The number of benzene rings is 2. The Morgan fingerprint density at radius 3 is 2.28 bits per heavy atom. The number of carboxylic acids is 1. The zero-order chi connectivity index (χ0) is 23.3. The van der Waals surface area contributed by atoms with Gasteiger partial charge in [0.15, 0.2) is 0 Å². The monoisotopic (exact) mass is 474 g/mol. The van der Waals surface area contributed by atoms with Gasteiger partial charge in [-0.3, -0.25) is 4.79 Å². The van der Waals surface area contributed by atoms with Gasteiger partial charge in [0.05, 0.1) is 17.7 Å². The number of carbonyl (C=O) groups is 2. The van der Waals surface area contributed by atoms with Crippen LogP contribution in [0.5, 0.6) is 0 Å². The third-order valence-corrected chi connectivity index (χ3v) is 5.50. The molecule has 0 saturated carbocycles. The van der Waals surface area contributed by atoms with Crippen LogP contribution in [0.25, 0.3) is 0 Å². The topological polar surface area (TPSA) is 87.7 Å². The van der Waals surface area contributed by atoms with Crippen molar-refractivity contribution in [1.29, 1.82) is 0 Å². The van der Waals surface area contributed by atoms with Gasteiger partial charge < -0.3 is 20.5 Å². The predicted octanol–water partition coefficient (Wildman–Crippen LogP) is 5.75. The molecule has 8 heteroatoms. The Morgan fingerprint density at radius 2 is 1.69 bits per heavy atom. The quantitative estimate of drug-likeness (QED) is 0.422. The van der Waals surface area contributed by atoms with Crippen LogP contribution in [0.4, 0.5) is 11.4 Å². The summed E-state index contributed by atoms with van der Waals surface area (Å²) in [5.41, 5.74) is 1.57. The summed E-state index contributed by atoms with van der Waals surface area (Å²) in [5.74, 6) is -2.35. The molecule has 0 radical (unpaired) electrons. The number of aliphatic carboxylic acids is 1. The van der Waals surface area contributed by atoms with E-state index in [1.807, 2.05) is 13.8 Å². The summed E-state index contributed by atoms with van der Waals surface area (Å²) in [5, 5.41) is 17.1. The van der Waals surface area contributed by atoms with Crippen molar-refractivity contribution in [2.45, 2.75) is 32.4 Å². The second-order valence-electron chi connectivity index (χ2n) is 7.46. The second kappa shape index (κ2) is 10.6. The highest BCUT2D eigenvalue weighted by atomic mass is 35.5. The average molecular weight is 475 g/mol. The standard InChI is InChI=1S/C24H24Cl2N2O4/c1-3-14(2)32-24(31)20-13-21(27-17-8-4-6-15(25)10-17)19(23(29)30)12-22(20)28-18-9-5-7-16(26)11-18/h4-14,20,22,27-28H,3H2,1-2H3,(H,29,30). The lowest BCUT2D eigenvalue weighted by molar-refractivity contribution is -0.151. The Hall–Kier alpha value is -2.96. The van der Waals surface area contributed by atoms with Crippen molar-refractivity contribution in [1.82, 2.24) is 0 Å². The van der Waals surface area contributed by atoms with E-state index < -0.39 is 23.9 Å². The molecule has 0 spiro atoms. The van der Waals surface area contributed by atoms with Crippen molar-refractivity contribution >= 4 is 46.5 Å². The highest BCUT2D eigenvalue weighted by Gasteiger charge is 2.34. The van der Waals surface area contributed by atoms with Gasteiger partial charge in [-0.2, -0.15) is 0 Å². The van der Waals surface area contributed by atoms with Crippen molar-refractivity contribution in [3.63, 3.8) is 0 Å². The van der Waals surface area contributed by atoms with Crippen LogP contribution in [0.2, 0.25) is 10.0 Å². The number of nitrogens with one attached hydrogen (secondary N) is 2. The molecule has 0 aliphatic heterocycles. The van der Waals surface area contributed by atoms with Gasteiger partial charge >= 0.3 is 11.9 Å². The van der Waals surface area contributed by atoms with Crippen molar-refractivity contribution in [3.8, 4) is 0 Å². The molecule has 0 aromatic heterocycles. The van der Waals surface area contributed by atoms with Gasteiger partial charge in [0.2, 0.25) is 0 Å². The predicted molar refractivity (Wildman–Crippen MR) is 127 cm³/mol. The smallest absolute Gasteiger partial charge is 0.337 e. The lowest BCUT2D eigenvalue weighted by Gasteiger charge is -2.29. The summed E-state index contributed by atoms with van der Waals surface area (Å²) in [4.78, 5) is 25.0. The molecule has 3 unspecified atom stereocenters. The Bertz CT molecular complexity index is 1070. The number of ether oxygens (including phenoxy) is 1. The molecule has 32 heavy (non-hydrogen) atoms. The van der Waals surface area contributed by atoms with Gasteiger partial charge in [-0.1, -0.05) is 42.3 Å². The summed E-state index contributed by atoms with van der Waals surface area (Å²) >= 11 is 12.1. The number of carbonyl (C=O) groups excluding carboxylic acids is 1. The fraction of sp³-hybridized carbons (Fsp3) is 0.250. The highest BCUT2D eigenvalue weighted by molar-refractivity contribution is 6.31. The van der Waals surface area contributed by atoms with E-state index in [1.165, 1.54) is 6.08 Å². The van der Waals surface area contributed by atoms with Gasteiger partial charge in [-0.05, 0) is 61.9 Å². The molecule has 0 amide bonds. The fourth-order valence-electron chi connectivity index (χ4n) is 3.24. The maximum atomic E-state index is 13.0. The highest BCUT2D eigenvalue weighted by Crippen LogP contribution is 2.30. The largest absolute Gasteiger partial charge is 0.478 e. The van der Waals surface area contributed by atoms with E-state index in [0.29, 0.717) is 27.8 Å². The minimum atomic E-state index is -1.13. The Kier molecular flexibility index (Phi) is 7.83. The van der Waals surface area contributed by atoms with Crippen LogP contribution in [-0.2, 0) is 14.3 Å². The van der Waals surface area contributed by atoms with Crippen molar-refractivity contribution in [3.05, 3.63) is 82.0 Å². The first-order valence-corrected chi connectivity index (χ1v) is 10.9. The van der Waals surface area contributed by atoms with Gasteiger partial charge in [-0.15, -0.1) is 0 Å². The molecular weight excluding hydrogens is 451 g/mol. The Morgan fingerprint density at radius 1 is 1.06 bits per heavy atom. The molecule has 1 aliphatic carbocycles. The van der Waals surface area contributed by atoms with Gasteiger partial charge in [0.25, 0.3) is 0 Å². The van der Waals surface area contributed by atoms with Crippen molar-refractivity contribution in [2.75, 3.05) is 10.6 Å². The average Bonchev–Trinajstić information content (AvgIpc) is 2.74. The van der Waals surface area contributed by atoms with Crippen LogP contribution in [0.3, 0.4) is 0 Å². The maximum absolute atomic E-state index is 13.0. The van der Waals surface area contributed by atoms with E-state index in [4.69, 9.17) is 27.9 Å². The van der Waals surface area contributed by atoms with E-state index in [9.17, 15) is 14.7 Å². The molecule has 1 aliphatic rings. The van der Waals surface area contributed by atoms with E-state index in [1.54, 1.807) is 54.6 Å². The molecule has 0 saturated heterocycles. The number of rotatable bonds is 8. The SMILES string of the molecule is CCC(C)OC(=O)C1C=C(Nc2cccc(Cl)c2)C(C(=O)O)=CC1Nc1cccc(Cl)c1. The summed E-state index contributed by atoms with van der Waals surface area (Å²) in [6.07, 6.45) is 3.49. The summed E-state index contributed by atoms with van der Waals surface area (Å²) < 4.78 is 5.57. The molecule has 3 rings (SSSR count). The molecule has 3 N–H and O–H groups in total. The van der Waals surface area contributed by atoms with Gasteiger partial charge in [0.1, 0.15) is 5.92 Å². The van der Waals surface area contributed by atoms with E-state index in [0.717, 1.165) is 0 Å². The minimum Gasteiger partial charge on any atom is -0.478 e. The van der Waals surface area contributed by atoms with Crippen molar-refractivity contribution < 1.29 is 19.4 Å². The Labute approximate surface area is 196 Å². The minimum absolute atomic E-state index is 0.0251. The maximum Gasteiger partial charge on any atom is 0.337 e. The third-order valence-electron chi connectivity index (χ3n) is 5.03. The second-order valence-corrected chi connectivity index (χ2v) is 8.34. The van der Waals surface area contributed by atoms with Crippen LogP contribution < -0.4 is 10.6 Å². The lowest BCUT2D eigenvalue weighted by Crippen LogP contribution is -2.38. The third kappa shape index (κ3) is 6.05. The molecule has 0 heterocycles. The van der Waals surface area contributed by atoms with E-state index >= 15 is 0 Å². The molecule has 3 atom stereocenters. The summed E-state index contributed by atoms with van der Waals surface area (Å²) in [7, 11) is 0.